The summed E-state index contributed by atoms with van der Waals surface area (Å²) >= 11 is 0. The van der Waals surface area contributed by atoms with Gasteiger partial charge in [0.25, 0.3) is 0 Å². The van der Waals surface area contributed by atoms with E-state index in [4.69, 9.17) is 34.3 Å². The highest BCUT2D eigenvalue weighted by molar-refractivity contribution is 6.07. The van der Waals surface area contributed by atoms with Crippen molar-refractivity contribution in [3.05, 3.63) is 93.3 Å². The van der Waals surface area contributed by atoms with Crippen LogP contribution in [0.25, 0.3) is 22.2 Å². The van der Waals surface area contributed by atoms with Gasteiger partial charge >= 0.3 is 5.97 Å². The Hall–Kier alpha value is -5.69. The first kappa shape index (κ1) is 38.8. The zero-order valence-electron chi connectivity index (χ0n) is 34.2. The number of anilines is 2. The third kappa shape index (κ3) is 7.45. The zero-order valence-corrected chi connectivity index (χ0v) is 34.2. The van der Waals surface area contributed by atoms with Crippen molar-refractivity contribution in [2.45, 2.75) is 121 Å². The SMILES string of the molecule is CCCCCNc1cc(-c2cc(CCC3OC34CCCCC3c5c(cc6oc(C)cc(=O)c6c5O)OC(C)(C)C3OC4=O)cc(N)n2)cc(CN2C=C3C=CN=C3C2)n1. The Balaban J connectivity index is 0.925. The maximum Gasteiger partial charge on any atom is 0.341 e. The minimum atomic E-state index is -1.07. The third-order valence-electron chi connectivity index (χ3n) is 12.3. The van der Waals surface area contributed by atoms with Gasteiger partial charge in [-0.15, -0.1) is 0 Å². The molecular formula is C46H52N6O7. The molecule has 4 unspecified atom stereocenters. The molecule has 5 aliphatic heterocycles. The molecule has 2 saturated heterocycles. The van der Waals surface area contributed by atoms with Crippen LogP contribution in [0.1, 0.15) is 101 Å². The molecule has 9 rings (SSSR count). The number of carbonyl (C=O) groups excluding carboxylic acids is 1. The van der Waals surface area contributed by atoms with Gasteiger partial charge < -0.3 is 39.7 Å². The molecule has 8 heterocycles. The highest BCUT2D eigenvalue weighted by Crippen LogP contribution is 2.53. The molecule has 13 heteroatoms. The number of aromatic nitrogens is 2. The molecule has 1 spiro atoms. The second-order valence-corrected chi connectivity index (χ2v) is 17.2. The largest absolute Gasteiger partial charge is 0.507 e. The first-order valence-corrected chi connectivity index (χ1v) is 21.0. The van der Waals surface area contributed by atoms with E-state index in [-0.39, 0.29) is 28.3 Å². The Kier molecular flexibility index (Phi) is 9.97. The Morgan fingerprint density at radius 2 is 1.93 bits per heavy atom. The highest BCUT2D eigenvalue weighted by Gasteiger charge is 2.64. The van der Waals surface area contributed by atoms with E-state index in [1.165, 1.54) is 6.07 Å². The van der Waals surface area contributed by atoms with Crippen molar-refractivity contribution >= 4 is 34.3 Å². The number of nitrogens with one attached hydrogen (secondary N) is 1. The summed E-state index contributed by atoms with van der Waals surface area (Å²) in [7, 11) is 0. The molecule has 4 aromatic rings. The fourth-order valence-corrected chi connectivity index (χ4v) is 9.41. The fourth-order valence-electron chi connectivity index (χ4n) is 9.41. The average Bonchev–Trinajstić information content (AvgIpc) is 3.46. The maximum absolute atomic E-state index is 14.2. The van der Waals surface area contributed by atoms with Crippen LogP contribution in [0.15, 0.2) is 74.7 Å². The van der Waals surface area contributed by atoms with E-state index in [0.29, 0.717) is 55.1 Å². The van der Waals surface area contributed by atoms with Gasteiger partial charge in [0.2, 0.25) is 0 Å². The number of benzene rings is 1. The smallest absolute Gasteiger partial charge is 0.341 e. The summed E-state index contributed by atoms with van der Waals surface area (Å²) in [5, 5.41) is 15.2. The number of aryl methyl sites for hydroxylation is 2. The molecule has 59 heavy (non-hydrogen) atoms. The average molecular weight is 801 g/mol. The Morgan fingerprint density at radius 3 is 2.76 bits per heavy atom. The second kappa shape index (κ2) is 15.2. The lowest BCUT2D eigenvalue weighted by atomic mass is 9.77. The molecule has 1 aromatic carbocycles. The summed E-state index contributed by atoms with van der Waals surface area (Å²) < 4.78 is 25.0. The predicted octanol–water partition coefficient (Wildman–Crippen LogP) is 7.63. The number of allylic oxidation sites excluding steroid dienone is 1. The monoisotopic (exact) mass is 800 g/mol. The van der Waals surface area contributed by atoms with E-state index >= 15 is 0 Å². The van der Waals surface area contributed by atoms with Gasteiger partial charge in [-0.1, -0.05) is 26.2 Å². The summed E-state index contributed by atoms with van der Waals surface area (Å²) in [6.07, 6.45) is 12.1. The van der Waals surface area contributed by atoms with Crippen molar-refractivity contribution < 1.29 is 28.5 Å². The summed E-state index contributed by atoms with van der Waals surface area (Å²) in [5.41, 5.74) is 10.7. The molecule has 0 saturated carbocycles. The van der Waals surface area contributed by atoms with Crippen LogP contribution >= 0.6 is 0 Å². The minimum absolute atomic E-state index is 0.101. The topological polar surface area (TPSA) is 178 Å². The van der Waals surface area contributed by atoms with Crippen molar-refractivity contribution in [1.82, 2.24) is 14.9 Å². The molecule has 0 radical (unpaired) electrons. The first-order chi connectivity index (χ1) is 28.4. The molecule has 0 aliphatic carbocycles. The molecule has 308 valence electrons. The molecule has 5 aliphatic rings. The van der Waals surface area contributed by atoms with Crippen molar-refractivity contribution in [2.75, 3.05) is 24.1 Å². The Labute approximate surface area is 343 Å². The van der Waals surface area contributed by atoms with Gasteiger partial charge in [-0.05, 0) is 95.2 Å². The number of ether oxygens (including phenoxy) is 3. The van der Waals surface area contributed by atoms with E-state index in [1.807, 2.05) is 38.3 Å². The van der Waals surface area contributed by atoms with Crippen LogP contribution in [0, 0.1) is 6.92 Å². The van der Waals surface area contributed by atoms with Gasteiger partial charge in [0.15, 0.2) is 11.0 Å². The quantitative estimate of drug-likeness (QED) is 0.0769. The number of phenolic OH excluding ortho intramolecular Hbond substituents is 1. The molecule has 3 aromatic heterocycles. The van der Waals surface area contributed by atoms with Gasteiger partial charge in [0.1, 0.15) is 51.6 Å². The zero-order chi connectivity index (χ0) is 41.1. The molecule has 0 amide bonds. The van der Waals surface area contributed by atoms with E-state index < -0.39 is 29.2 Å². The standard InChI is InChI=1S/C46H52N6O7/c1-5-6-9-15-49-39-21-29(20-30(50-39)24-52-23-28-13-16-48-33(28)25-52)32-18-27(19-38(47)51-32)11-12-37-46(59-37)14-8-7-10-31-40-36(58-45(3,4)43(31)57-44(46)55)22-35-41(42(40)54)34(53)17-26(2)56-35/h13,16-23,31,37,43,54H,5-12,14-15,24-25H2,1-4H3,(H2,47,51)(H,49,50). The molecule has 2 fully saturated rings. The van der Waals surface area contributed by atoms with Crippen LogP contribution < -0.4 is 21.2 Å². The minimum Gasteiger partial charge on any atom is -0.507 e. The summed E-state index contributed by atoms with van der Waals surface area (Å²) in [6.45, 7) is 9.86. The van der Waals surface area contributed by atoms with Crippen LogP contribution in [-0.4, -0.2) is 68.2 Å². The summed E-state index contributed by atoms with van der Waals surface area (Å²) in [4.78, 5) is 43.7. The number of aromatic hydroxyl groups is 1. The number of rotatable bonds is 11. The Bertz CT molecular complexity index is 2490. The number of nitrogens with zero attached hydrogens (tertiary/aromatic N) is 4. The number of hydrogen-bond acceptors (Lipinski definition) is 13. The number of fused-ring (bicyclic) bond motifs is 5. The molecule has 4 atom stereocenters. The molecule has 0 bridgehead atoms. The number of hydrogen-bond donors (Lipinski definition) is 3. The van der Waals surface area contributed by atoms with E-state index in [2.05, 4.69) is 40.5 Å². The number of pyridine rings is 2. The Morgan fingerprint density at radius 1 is 1.07 bits per heavy atom. The van der Waals surface area contributed by atoms with Gasteiger partial charge in [0, 0.05) is 53.7 Å². The lowest BCUT2D eigenvalue weighted by molar-refractivity contribution is -0.170. The number of esters is 1. The predicted molar refractivity (Wildman–Crippen MR) is 226 cm³/mol. The number of nitrogen functional groups attached to an aromatic ring is 1. The third-order valence-corrected chi connectivity index (χ3v) is 12.3. The van der Waals surface area contributed by atoms with Gasteiger partial charge in [-0.2, -0.15) is 0 Å². The number of unbranched alkanes of at least 4 members (excludes halogenated alkanes) is 2. The maximum atomic E-state index is 14.2. The van der Waals surface area contributed by atoms with Crippen LogP contribution in [0.4, 0.5) is 11.6 Å². The van der Waals surface area contributed by atoms with Crippen molar-refractivity contribution in [3.63, 3.8) is 0 Å². The molecule has 13 nitrogen and oxygen atoms in total. The second-order valence-electron chi connectivity index (χ2n) is 17.2. The molecular weight excluding hydrogens is 749 g/mol. The van der Waals surface area contributed by atoms with Crippen molar-refractivity contribution in [3.8, 4) is 22.8 Å². The van der Waals surface area contributed by atoms with Gasteiger partial charge in [-0.3, -0.25) is 9.79 Å². The summed E-state index contributed by atoms with van der Waals surface area (Å²) in [5.74, 6) is 1.09. The number of carbonyl (C=O) groups is 1. The lowest BCUT2D eigenvalue weighted by Gasteiger charge is -2.44. The molecule has 4 N–H and O–H groups in total. The van der Waals surface area contributed by atoms with Crippen LogP contribution in [-0.2, 0) is 27.2 Å². The van der Waals surface area contributed by atoms with Crippen LogP contribution in [0.5, 0.6) is 11.5 Å². The van der Waals surface area contributed by atoms with Crippen LogP contribution in [0.2, 0.25) is 0 Å². The van der Waals surface area contributed by atoms with Crippen LogP contribution in [0.3, 0.4) is 0 Å². The number of epoxide rings is 1. The van der Waals surface area contributed by atoms with Crippen molar-refractivity contribution in [2.24, 2.45) is 4.99 Å². The van der Waals surface area contributed by atoms with E-state index in [1.54, 1.807) is 13.0 Å². The number of aliphatic imine (C=N–C) groups is 1. The lowest BCUT2D eigenvalue weighted by Crippen LogP contribution is -2.52. The number of phenols is 1. The highest BCUT2D eigenvalue weighted by atomic mass is 16.7. The van der Waals surface area contributed by atoms with E-state index in [0.717, 1.165) is 84.8 Å². The van der Waals surface area contributed by atoms with Gasteiger partial charge in [0.05, 0.1) is 36.3 Å². The van der Waals surface area contributed by atoms with Crippen molar-refractivity contribution in [1.29, 1.82) is 0 Å². The van der Waals surface area contributed by atoms with E-state index in [9.17, 15) is 14.7 Å². The number of nitrogens with two attached hydrogens (primary N) is 1. The fraction of sp³-hybridized carbons (Fsp3) is 0.457. The normalized spacial score (nSPS) is 24.0. The first-order valence-electron chi connectivity index (χ1n) is 21.0. The summed E-state index contributed by atoms with van der Waals surface area (Å²) in [6, 6.07) is 11.1. The van der Waals surface area contributed by atoms with Gasteiger partial charge in [-0.25, -0.2) is 14.8 Å².